The lowest BCUT2D eigenvalue weighted by atomic mass is 9.88. The molecule has 0 aromatic heterocycles. The van der Waals surface area contributed by atoms with E-state index in [1.807, 2.05) is 12.1 Å². The van der Waals surface area contributed by atoms with E-state index in [0.717, 1.165) is 44.5 Å². The first-order chi connectivity index (χ1) is 13.2. The van der Waals surface area contributed by atoms with Gasteiger partial charge in [0.2, 0.25) is 0 Å². The molecule has 0 amide bonds. The van der Waals surface area contributed by atoms with Crippen molar-refractivity contribution in [2.45, 2.75) is 25.3 Å². The Morgan fingerprint density at radius 1 is 1.07 bits per heavy atom. The predicted molar refractivity (Wildman–Crippen MR) is 105 cm³/mol. The zero-order valence-corrected chi connectivity index (χ0v) is 15.8. The Balaban J connectivity index is 1.74. The summed E-state index contributed by atoms with van der Waals surface area (Å²) < 4.78 is 20.1. The molecular formula is C22H26FN3O. The molecule has 0 saturated heterocycles. The minimum absolute atomic E-state index is 0.0875. The summed E-state index contributed by atoms with van der Waals surface area (Å²) >= 11 is 0. The lowest BCUT2D eigenvalue weighted by molar-refractivity contribution is 0.112. The first kappa shape index (κ1) is 18.0. The highest BCUT2D eigenvalue weighted by molar-refractivity contribution is 5.75. The van der Waals surface area contributed by atoms with Gasteiger partial charge in [0.15, 0.2) is 0 Å². The first-order valence-corrected chi connectivity index (χ1v) is 9.68. The molecule has 2 aromatic carbocycles. The molecule has 0 aliphatic carbocycles. The SMILES string of the molecule is CN1CCCCN=C(N2CCc3ccccc3[C@H]2c2cccc(F)c2)OC1. The van der Waals surface area contributed by atoms with Gasteiger partial charge in [0, 0.05) is 19.6 Å². The van der Waals surface area contributed by atoms with Crippen molar-refractivity contribution < 1.29 is 9.13 Å². The van der Waals surface area contributed by atoms with Gasteiger partial charge in [0.25, 0.3) is 6.02 Å². The van der Waals surface area contributed by atoms with Gasteiger partial charge in [0.05, 0.1) is 6.04 Å². The fourth-order valence-corrected chi connectivity index (χ4v) is 3.93. The number of aliphatic imine (C=N–C) groups is 1. The monoisotopic (exact) mass is 367 g/mol. The first-order valence-electron chi connectivity index (χ1n) is 9.68. The molecule has 2 aromatic rings. The molecule has 0 saturated carbocycles. The molecular weight excluding hydrogens is 341 g/mol. The number of amidine groups is 1. The normalized spacial score (nSPS) is 21.3. The van der Waals surface area contributed by atoms with Gasteiger partial charge in [-0.05, 0) is 55.1 Å². The molecule has 142 valence electrons. The van der Waals surface area contributed by atoms with Crippen LogP contribution in [0.4, 0.5) is 4.39 Å². The number of halogens is 1. The molecule has 0 N–H and O–H groups in total. The summed E-state index contributed by atoms with van der Waals surface area (Å²) in [4.78, 5) is 9.15. The quantitative estimate of drug-likeness (QED) is 0.767. The van der Waals surface area contributed by atoms with Crippen LogP contribution >= 0.6 is 0 Å². The van der Waals surface area contributed by atoms with Gasteiger partial charge >= 0.3 is 0 Å². The van der Waals surface area contributed by atoms with Gasteiger partial charge in [-0.3, -0.25) is 4.90 Å². The second-order valence-corrected chi connectivity index (χ2v) is 7.32. The standard InChI is InChI=1S/C22H26FN3O/c1-25-13-5-4-12-24-22(27-16-25)26-14-11-17-7-2-3-10-20(17)21(26)18-8-6-9-19(23)15-18/h2-3,6-10,15,21H,4-5,11-14,16H2,1H3/t21-/m1/s1. The Labute approximate surface area is 160 Å². The second-order valence-electron chi connectivity index (χ2n) is 7.32. The highest BCUT2D eigenvalue weighted by Crippen LogP contribution is 2.35. The molecule has 0 radical (unpaired) electrons. The van der Waals surface area contributed by atoms with Gasteiger partial charge in [-0.15, -0.1) is 0 Å². The van der Waals surface area contributed by atoms with E-state index in [4.69, 9.17) is 9.73 Å². The number of nitrogens with zero attached hydrogens (tertiary/aromatic N) is 3. The number of fused-ring (bicyclic) bond motifs is 1. The van der Waals surface area contributed by atoms with Gasteiger partial charge in [-0.2, -0.15) is 0 Å². The average Bonchev–Trinajstić information content (AvgIpc) is 2.79. The van der Waals surface area contributed by atoms with E-state index in [1.165, 1.54) is 17.2 Å². The summed E-state index contributed by atoms with van der Waals surface area (Å²) in [6.45, 7) is 3.10. The van der Waals surface area contributed by atoms with Gasteiger partial charge in [-0.25, -0.2) is 9.38 Å². The summed E-state index contributed by atoms with van der Waals surface area (Å²) in [7, 11) is 2.07. The van der Waals surface area contributed by atoms with Crippen LogP contribution in [-0.2, 0) is 11.2 Å². The third-order valence-corrected chi connectivity index (χ3v) is 5.30. The Bertz CT molecular complexity index is 823. The van der Waals surface area contributed by atoms with Crippen LogP contribution in [-0.4, -0.2) is 49.2 Å². The van der Waals surface area contributed by atoms with Crippen molar-refractivity contribution in [1.82, 2.24) is 9.80 Å². The number of rotatable bonds is 1. The fraction of sp³-hybridized carbons (Fsp3) is 0.409. The molecule has 0 unspecified atom stereocenters. The van der Waals surface area contributed by atoms with Crippen molar-refractivity contribution in [2.75, 3.05) is 33.4 Å². The molecule has 0 spiro atoms. The van der Waals surface area contributed by atoms with E-state index >= 15 is 0 Å². The van der Waals surface area contributed by atoms with Crippen LogP contribution in [0, 0.1) is 5.82 Å². The minimum atomic E-state index is -0.215. The Morgan fingerprint density at radius 2 is 1.96 bits per heavy atom. The maximum absolute atomic E-state index is 14.0. The van der Waals surface area contributed by atoms with E-state index < -0.39 is 0 Å². The Hall–Kier alpha value is -2.40. The topological polar surface area (TPSA) is 28.1 Å². The van der Waals surface area contributed by atoms with Crippen molar-refractivity contribution >= 4 is 6.02 Å². The zero-order valence-electron chi connectivity index (χ0n) is 15.8. The van der Waals surface area contributed by atoms with Gasteiger partial charge in [0.1, 0.15) is 12.5 Å². The van der Waals surface area contributed by atoms with E-state index in [0.29, 0.717) is 12.8 Å². The van der Waals surface area contributed by atoms with Crippen molar-refractivity contribution in [3.05, 3.63) is 71.0 Å². The lowest BCUT2D eigenvalue weighted by Crippen LogP contribution is -2.43. The van der Waals surface area contributed by atoms with Crippen LogP contribution in [0.2, 0.25) is 0 Å². The third kappa shape index (κ3) is 3.98. The van der Waals surface area contributed by atoms with Crippen LogP contribution < -0.4 is 0 Å². The molecule has 0 bridgehead atoms. The molecule has 4 nitrogen and oxygen atoms in total. The Morgan fingerprint density at radius 3 is 2.85 bits per heavy atom. The predicted octanol–water partition coefficient (Wildman–Crippen LogP) is 3.83. The van der Waals surface area contributed by atoms with Crippen molar-refractivity contribution in [2.24, 2.45) is 4.99 Å². The largest absolute Gasteiger partial charge is 0.449 e. The van der Waals surface area contributed by atoms with Crippen molar-refractivity contribution in [3.8, 4) is 0 Å². The molecule has 4 rings (SSSR count). The van der Waals surface area contributed by atoms with Crippen LogP contribution in [0.5, 0.6) is 0 Å². The number of benzene rings is 2. The summed E-state index contributed by atoms with van der Waals surface area (Å²) in [6.07, 6.45) is 3.10. The summed E-state index contributed by atoms with van der Waals surface area (Å²) in [5, 5.41) is 0. The average molecular weight is 367 g/mol. The molecule has 0 fully saturated rings. The molecule has 2 aliphatic rings. The van der Waals surface area contributed by atoms with E-state index in [1.54, 1.807) is 12.1 Å². The highest BCUT2D eigenvalue weighted by Gasteiger charge is 2.32. The van der Waals surface area contributed by atoms with E-state index in [9.17, 15) is 4.39 Å². The maximum atomic E-state index is 14.0. The van der Waals surface area contributed by atoms with Gasteiger partial charge < -0.3 is 9.64 Å². The van der Waals surface area contributed by atoms with E-state index in [-0.39, 0.29) is 11.9 Å². The molecule has 1 atom stereocenters. The minimum Gasteiger partial charge on any atom is -0.449 e. The summed E-state index contributed by atoms with van der Waals surface area (Å²) in [5.41, 5.74) is 3.44. The van der Waals surface area contributed by atoms with Crippen LogP contribution in [0.3, 0.4) is 0 Å². The lowest BCUT2D eigenvalue weighted by Gasteiger charge is -2.39. The molecule has 27 heavy (non-hydrogen) atoms. The molecule has 2 aliphatic heterocycles. The van der Waals surface area contributed by atoms with E-state index in [2.05, 4.69) is 35.0 Å². The van der Waals surface area contributed by atoms with Crippen LogP contribution in [0.15, 0.2) is 53.5 Å². The zero-order chi connectivity index (χ0) is 18.6. The number of hydrogen-bond donors (Lipinski definition) is 0. The second kappa shape index (κ2) is 8.09. The van der Waals surface area contributed by atoms with Crippen LogP contribution in [0.25, 0.3) is 0 Å². The van der Waals surface area contributed by atoms with Gasteiger partial charge in [-0.1, -0.05) is 36.4 Å². The smallest absolute Gasteiger partial charge is 0.289 e. The van der Waals surface area contributed by atoms with Crippen molar-refractivity contribution in [1.29, 1.82) is 0 Å². The van der Waals surface area contributed by atoms with Crippen LogP contribution in [0.1, 0.15) is 35.6 Å². The maximum Gasteiger partial charge on any atom is 0.289 e. The Kier molecular flexibility index (Phi) is 5.39. The number of hydrogen-bond acceptors (Lipinski definition) is 4. The summed E-state index contributed by atoms with van der Waals surface area (Å²) in [6, 6.07) is 15.9. The van der Waals surface area contributed by atoms with Crippen molar-refractivity contribution in [3.63, 3.8) is 0 Å². The highest BCUT2D eigenvalue weighted by atomic mass is 19.1. The molecule has 2 heterocycles. The third-order valence-electron chi connectivity index (χ3n) is 5.30. The fourth-order valence-electron chi connectivity index (χ4n) is 3.93. The molecule has 5 heteroatoms. The number of ether oxygens (including phenoxy) is 1. The summed E-state index contributed by atoms with van der Waals surface area (Å²) in [5.74, 6) is -0.215.